The van der Waals surface area contributed by atoms with E-state index in [1.165, 1.54) is 12.1 Å². The number of nitrogens with zero attached hydrogens (tertiary/aromatic N) is 1. The van der Waals surface area contributed by atoms with E-state index in [0.717, 1.165) is 18.9 Å². The Balaban J connectivity index is 2.30. The van der Waals surface area contributed by atoms with E-state index < -0.39 is 0 Å². The topological polar surface area (TPSA) is 23.5 Å². The molecule has 1 fully saturated rings. The monoisotopic (exact) mass is 235 g/mol. The summed E-state index contributed by atoms with van der Waals surface area (Å²) in [5, 5.41) is 9.71. The molecule has 1 aliphatic carbocycles. The molecule has 96 valence electrons. The van der Waals surface area contributed by atoms with Gasteiger partial charge < -0.3 is 10.0 Å². The van der Waals surface area contributed by atoms with Gasteiger partial charge in [-0.25, -0.2) is 0 Å². The van der Waals surface area contributed by atoms with Crippen LogP contribution in [0.3, 0.4) is 0 Å². The van der Waals surface area contributed by atoms with Gasteiger partial charge in [0.25, 0.3) is 0 Å². The maximum absolute atomic E-state index is 9.71. The summed E-state index contributed by atoms with van der Waals surface area (Å²) < 4.78 is 0. The molecule has 2 rings (SSSR count). The number of aliphatic hydroxyl groups excluding tert-OH is 1. The van der Waals surface area contributed by atoms with Gasteiger partial charge >= 0.3 is 0 Å². The SMILES string of the molecule is CC(O)CN1C2=CC=CCC2C(C)CC1(C)C. The molecule has 3 atom stereocenters. The molecular weight excluding hydrogens is 210 g/mol. The van der Waals surface area contributed by atoms with Crippen LogP contribution in [-0.4, -0.2) is 28.2 Å². The van der Waals surface area contributed by atoms with Gasteiger partial charge in [-0.15, -0.1) is 0 Å². The summed E-state index contributed by atoms with van der Waals surface area (Å²) in [6, 6.07) is 0. The van der Waals surface area contributed by atoms with Gasteiger partial charge in [0, 0.05) is 23.7 Å². The van der Waals surface area contributed by atoms with Crippen molar-refractivity contribution in [3.63, 3.8) is 0 Å². The van der Waals surface area contributed by atoms with Crippen molar-refractivity contribution in [2.45, 2.75) is 52.2 Å². The number of aliphatic hydroxyl groups is 1. The minimum atomic E-state index is -0.268. The van der Waals surface area contributed by atoms with Crippen LogP contribution >= 0.6 is 0 Å². The highest BCUT2D eigenvalue weighted by Gasteiger charge is 2.41. The number of hydrogen-bond donors (Lipinski definition) is 1. The Morgan fingerprint density at radius 1 is 1.53 bits per heavy atom. The Hall–Kier alpha value is -0.760. The molecule has 0 aromatic rings. The standard InChI is InChI=1S/C15H25NO/c1-11-9-15(3,4)16(10-12(2)17)14-8-6-5-7-13(11)14/h5-6,8,11-13,17H,7,9-10H2,1-4H3. The highest BCUT2D eigenvalue weighted by molar-refractivity contribution is 5.25. The van der Waals surface area contributed by atoms with E-state index in [1.807, 2.05) is 6.92 Å². The van der Waals surface area contributed by atoms with Gasteiger partial charge in [0.2, 0.25) is 0 Å². The lowest BCUT2D eigenvalue weighted by molar-refractivity contribution is 0.0248. The molecular formula is C15H25NO. The van der Waals surface area contributed by atoms with Crippen molar-refractivity contribution in [2.75, 3.05) is 6.54 Å². The van der Waals surface area contributed by atoms with Gasteiger partial charge in [-0.3, -0.25) is 0 Å². The maximum Gasteiger partial charge on any atom is 0.0687 e. The first-order chi connectivity index (χ1) is 7.92. The molecule has 2 heteroatoms. The highest BCUT2D eigenvalue weighted by atomic mass is 16.3. The van der Waals surface area contributed by atoms with Crippen LogP contribution in [0.4, 0.5) is 0 Å². The fourth-order valence-electron chi connectivity index (χ4n) is 3.46. The number of likely N-dealkylation sites (tertiary alicyclic amines) is 1. The number of piperidine rings is 1. The van der Waals surface area contributed by atoms with Crippen LogP contribution < -0.4 is 0 Å². The lowest BCUT2D eigenvalue weighted by Gasteiger charge is -2.52. The minimum Gasteiger partial charge on any atom is -0.392 e. The molecule has 2 nitrogen and oxygen atoms in total. The van der Waals surface area contributed by atoms with E-state index in [4.69, 9.17) is 0 Å². The number of hydrogen-bond acceptors (Lipinski definition) is 2. The molecule has 1 aliphatic heterocycles. The number of rotatable bonds is 2. The van der Waals surface area contributed by atoms with Crippen LogP contribution in [0.1, 0.15) is 40.5 Å². The molecule has 0 radical (unpaired) electrons. The van der Waals surface area contributed by atoms with Crippen LogP contribution in [0.15, 0.2) is 23.9 Å². The summed E-state index contributed by atoms with van der Waals surface area (Å²) >= 11 is 0. The highest BCUT2D eigenvalue weighted by Crippen LogP contribution is 2.44. The summed E-state index contributed by atoms with van der Waals surface area (Å²) in [6.07, 6.45) is 8.76. The molecule has 0 aromatic carbocycles. The third kappa shape index (κ3) is 2.42. The molecule has 1 N–H and O–H groups in total. The van der Waals surface area contributed by atoms with Crippen molar-refractivity contribution in [3.05, 3.63) is 23.9 Å². The van der Waals surface area contributed by atoms with E-state index in [9.17, 15) is 5.11 Å². The van der Waals surface area contributed by atoms with E-state index in [2.05, 4.69) is 43.9 Å². The molecule has 0 bridgehead atoms. The average Bonchev–Trinajstić information content (AvgIpc) is 2.23. The fourth-order valence-corrected chi connectivity index (χ4v) is 3.46. The summed E-state index contributed by atoms with van der Waals surface area (Å²) in [6.45, 7) is 9.57. The van der Waals surface area contributed by atoms with Gasteiger partial charge in [0.15, 0.2) is 0 Å². The zero-order valence-corrected chi connectivity index (χ0v) is 11.5. The molecule has 2 aliphatic rings. The second-order valence-corrected chi connectivity index (χ2v) is 6.32. The number of fused-ring (bicyclic) bond motifs is 1. The van der Waals surface area contributed by atoms with E-state index >= 15 is 0 Å². The predicted molar refractivity (Wildman–Crippen MR) is 71.6 cm³/mol. The molecule has 0 aromatic heterocycles. The predicted octanol–water partition coefficient (Wildman–Crippen LogP) is 2.95. The lowest BCUT2D eigenvalue weighted by atomic mass is 9.72. The molecule has 0 saturated carbocycles. The third-order valence-electron chi connectivity index (χ3n) is 4.17. The van der Waals surface area contributed by atoms with Crippen molar-refractivity contribution >= 4 is 0 Å². The number of β-amino-alcohol motifs (C(OH)–C–C–N with tert-alkyl or cyclic N) is 1. The van der Waals surface area contributed by atoms with Crippen LogP contribution in [0.25, 0.3) is 0 Å². The van der Waals surface area contributed by atoms with E-state index in [1.54, 1.807) is 0 Å². The molecule has 0 spiro atoms. The lowest BCUT2D eigenvalue weighted by Crippen LogP contribution is -2.53. The zero-order valence-electron chi connectivity index (χ0n) is 11.5. The van der Waals surface area contributed by atoms with Crippen molar-refractivity contribution in [1.29, 1.82) is 0 Å². The fraction of sp³-hybridized carbons (Fsp3) is 0.733. The quantitative estimate of drug-likeness (QED) is 0.795. The van der Waals surface area contributed by atoms with Gasteiger partial charge in [0.1, 0.15) is 0 Å². The van der Waals surface area contributed by atoms with Crippen LogP contribution in [0, 0.1) is 11.8 Å². The first kappa shape index (κ1) is 12.7. The zero-order chi connectivity index (χ0) is 12.6. The van der Waals surface area contributed by atoms with E-state index in [-0.39, 0.29) is 11.6 Å². The molecule has 1 saturated heterocycles. The maximum atomic E-state index is 9.71. The summed E-state index contributed by atoms with van der Waals surface area (Å²) in [7, 11) is 0. The van der Waals surface area contributed by atoms with Gasteiger partial charge in [-0.1, -0.05) is 19.1 Å². The van der Waals surface area contributed by atoms with Crippen molar-refractivity contribution < 1.29 is 5.11 Å². The Labute approximate surface area is 105 Å². The number of allylic oxidation sites excluding steroid dienone is 4. The smallest absolute Gasteiger partial charge is 0.0687 e. The Morgan fingerprint density at radius 3 is 2.88 bits per heavy atom. The second-order valence-electron chi connectivity index (χ2n) is 6.32. The largest absolute Gasteiger partial charge is 0.392 e. The van der Waals surface area contributed by atoms with Crippen molar-refractivity contribution in [3.8, 4) is 0 Å². The normalized spacial score (nSPS) is 33.0. The van der Waals surface area contributed by atoms with Crippen LogP contribution in [-0.2, 0) is 0 Å². The molecule has 3 unspecified atom stereocenters. The molecule has 0 amide bonds. The first-order valence-electron chi connectivity index (χ1n) is 6.74. The van der Waals surface area contributed by atoms with Crippen molar-refractivity contribution in [1.82, 2.24) is 4.90 Å². The van der Waals surface area contributed by atoms with Crippen LogP contribution in [0.2, 0.25) is 0 Å². The summed E-state index contributed by atoms with van der Waals surface area (Å²) in [5.41, 5.74) is 1.58. The first-order valence-corrected chi connectivity index (χ1v) is 6.74. The van der Waals surface area contributed by atoms with Crippen molar-refractivity contribution in [2.24, 2.45) is 11.8 Å². The Kier molecular flexibility index (Phi) is 3.35. The second kappa shape index (κ2) is 4.49. The van der Waals surface area contributed by atoms with Gasteiger partial charge in [-0.2, -0.15) is 0 Å². The summed E-state index contributed by atoms with van der Waals surface area (Å²) in [4.78, 5) is 2.42. The third-order valence-corrected chi connectivity index (χ3v) is 4.17. The average molecular weight is 235 g/mol. The van der Waals surface area contributed by atoms with Crippen LogP contribution in [0.5, 0.6) is 0 Å². The Morgan fingerprint density at radius 2 is 2.24 bits per heavy atom. The van der Waals surface area contributed by atoms with Gasteiger partial charge in [-0.05, 0) is 45.6 Å². The molecule has 1 heterocycles. The summed E-state index contributed by atoms with van der Waals surface area (Å²) in [5.74, 6) is 1.37. The molecule has 17 heavy (non-hydrogen) atoms. The van der Waals surface area contributed by atoms with E-state index in [0.29, 0.717) is 5.92 Å². The Bertz CT molecular complexity index is 341. The minimum absolute atomic E-state index is 0.157. The van der Waals surface area contributed by atoms with Gasteiger partial charge in [0.05, 0.1) is 6.10 Å².